The Labute approximate surface area is 164 Å². The van der Waals surface area contributed by atoms with Gasteiger partial charge in [0.1, 0.15) is 5.82 Å². The number of halogens is 1. The maximum absolute atomic E-state index is 13.0. The molecule has 0 spiro atoms. The first-order valence-corrected chi connectivity index (χ1v) is 8.60. The number of hydrogen-bond donors (Lipinski definition) is 1. The summed E-state index contributed by atoms with van der Waals surface area (Å²) < 4.78 is 18.0. The van der Waals surface area contributed by atoms with Gasteiger partial charge in [0.15, 0.2) is 6.61 Å². The van der Waals surface area contributed by atoms with Gasteiger partial charge in [-0.2, -0.15) is 0 Å². The number of nitrogens with zero attached hydrogens (tertiary/aromatic N) is 2. The quantitative estimate of drug-likeness (QED) is 0.451. The van der Waals surface area contributed by atoms with E-state index in [1.807, 2.05) is 0 Å². The van der Waals surface area contributed by atoms with Crippen LogP contribution in [0.4, 0.5) is 21.5 Å². The molecule has 0 saturated carbocycles. The van der Waals surface area contributed by atoms with E-state index in [1.54, 1.807) is 0 Å². The topological polar surface area (TPSA) is 119 Å². The second kappa shape index (κ2) is 8.46. The van der Waals surface area contributed by atoms with Crippen LogP contribution in [0.1, 0.15) is 6.42 Å². The first-order valence-electron chi connectivity index (χ1n) is 8.60. The summed E-state index contributed by atoms with van der Waals surface area (Å²) in [7, 11) is 0. The predicted octanol–water partition coefficient (Wildman–Crippen LogP) is 2.27. The van der Waals surface area contributed by atoms with Crippen molar-refractivity contribution in [3.63, 3.8) is 0 Å². The first kappa shape index (κ1) is 19.9. The average Bonchev–Trinajstić information content (AvgIpc) is 3.08. The van der Waals surface area contributed by atoms with E-state index in [-0.39, 0.29) is 30.2 Å². The van der Waals surface area contributed by atoms with Gasteiger partial charge in [0.25, 0.3) is 11.6 Å². The van der Waals surface area contributed by atoms with Gasteiger partial charge in [-0.1, -0.05) is 6.07 Å². The summed E-state index contributed by atoms with van der Waals surface area (Å²) in [6.07, 6.45) is -0.0806. The number of anilines is 2. The minimum absolute atomic E-state index is 0.0653. The van der Waals surface area contributed by atoms with Crippen LogP contribution < -0.4 is 10.2 Å². The molecule has 150 valence electrons. The lowest BCUT2D eigenvalue weighted by molar-refractivity contribution is -0.384. The third kappa shape index (κ3) is 4.92. The van der Waals surface area contributed by atoms with Gasteiger partial charge in [-0.25, -0.2) is 4.39 Å². The van der Waals surface area contributed by atoms with Crippen LogP contribution >= 0.6 is 0 Å². The molecule has 1 saturated heterocycles. The maximum atomic E-state index is 13.0. The molecule has 3 rings (SSSR count). The van der Waals surface area contributed by atoms with Gasteiger partial charge in [0.05, 0.1) is 10.8 Å². The first-order chi connectivity index (χ1) is 13.8. The Bertz CT molecular complexity index is 963. The fourth-order valence-corrected chi connectivity index (χ4v) is 2.88. The summed E-state index contributed by atoms with van der Waals surface area (Å²) in [5.41, 5.74) is 0.471. The molecule has 9 nitrogen and oxygen atoms in total. The highest BCUT2D eigenvalue weighted by atomic mass is 19.1. The molecule has 1 atom stereocenters. The largest absolute Gasteiger partial charge is 0.455 e. The van der Waals surface area contributed by atoms with Gasteiger partial charge in [-0.05, 0) is 30.3 Å². The van der Waals surface area contributed by atoms with E-state index in [0.717, 1.165) is 0 Å². The van der Waals surface area contributed by atoms with Gasteiger partial charge < -0.3 is 15.0 Å². The number of ether oxygens (including phenoxy) is 1. The maximum Gasteiger partial charge on any atom is 0.311 e. The number of carbonyl (C=O) groups is 3. The van der Waals surface area contributed by atoms with Crippen molar-refractivity contribution in [2.45, 2.75) is 6.42 Å². The number of amides is 2. The second-order valence-corrected chi connectivity index (χ2v) is 6.35. The molecule has 2 aromatic carbocycles. The molecule has 2 amide bonds. The predicted molar refractivity (Wildman–Crippen MR) is 99.5 cm³/mol. The Morgan fingerprint density at radius 2 is 1.97 bits per heavy atom. The number of hydrogen-bond acceptors (Lipinski definition) is 6. The van der Waals surface area contributed by atoms with E-state index >= 15 is 0 Å². The van der Waals surface area contributed by atoms with Gasteiger partial charge in [-0.15, -0.1) is 0 Å². The van der Waals surface area contributed by atoms with E-state index < -0.39 is 35.1 Å². The molecule has 0 radical (unpaired) electrons. The molecule has 10 heteroatoms. The van der Waals surface area contributed by atoms with Gasteiger partial charge in [0.2, 0.25) is 5.91 Å². The summed E-state index contributed by atoms with van der Waals surface area (Å²) in [4.78, 5) is 47.8. The van der Waals surface area contributed by atoms with Gasteiger partial charge >= 0.3 is 5.97 Å². The zero-order valence-electron chi connectivity index (χ0n) is 15.0. The third-order valence-electron chi connectivity index (χ3n) is 4.28. The van der Waals surface area contributed by atoms with E-state index in [0.29, 0.717) is 5.69 Å². The Morgan fingerprint density at radius 1 is 1.24 bits per heavy atom. The van der Waals surface area contributed by atoms with Gasteiger partial charge in [0, 0.05) is 36.5 Å². The SMILES string of the molecule is O=C(COC(=O)[C@H]1CC(=O)N(c2ccc(F)cc2)C1)Nc1cccc([N+](=O)[O-])c1. The van der Waals surface area contributed by atoms with E-state index in [4.69, 9.17) is 4.74 Å². The lowest BCUT2D eigenvalue weighted by atomic mass is 10.1. The lowest BCUT2D eigenvalue weighted by Gasteiger charge is -2.16. The smallest absolute Gasteiger partial charge is 0.311 e. The number of nitro groups is 1. The van der Waals surface area contributed by atoms with Crippen molar-refractivity contribution < 1.29 is 28.4 Å². The van der Waals surface area contributed by atoms with Crippen LogP contribution in [0.3, 0.4) is 0 Å². The number of carbonyl (C=O) groups excluding carboxylic acids is 3. The van der Waals surface area contributed by atoms with Crippen LogP contribution in [0.2, 0.25) is 0 Å². The highest BCUT2D eigenvalue weighted by Crippen LogP contribution is 2.26. The zero-order chi connectivity index (χ0) is 21.0. The number of esters is 1. The molecule has 0 bridgehead atoms. The van der Waals surface area contributed by atoms with Crippen LogP contribution in [0.5, 0.6) is 0 Å². The Balaban J connectivity index is 1.52. The monoisotopic (exact) mass is 401 g/mol. The van der Waals surface area contributed by atoms with E-state index in [1.165, 1.54) is 53.4 Å². The summed E-state index contributed by atoms with van der Waals surface area (Å²) in [6, 6.07) is 10.6. The molecule has 1 N–H and O–H groups in total. The van der Waals surface area contributed by atoms with Crippen molar-refractivity contribution in [1.29, 1.82) is 0 Å². The molecule has 1 fully saturated rings. The van der Waals surface area contributed by atoms with Crippen molar-refractivity contribution in [3.8, 4) is 0 Å². The standard InChI is InChI=1S/C19H16FN3O6/c20-13-4-6-15(7-5-13)22-10-12(8-18(22)25)19(26)29-11-17(24)21-14-2-1-3-16(9-14)23(27)28/h1-7,9,12H,8,10-11H2,(H,21,24)/t12-/m0/s1. The number of rotatable bonds is 6. The lowest BCUT2D eigenvalue weighted by Crippen LogP contribution is -2.28. The number of non-ortho nitro benzene ring substituents is 1. The normalized spacial score (nSPS) is 15.8. The fraction of sp³-hybridized carbons (Fsp3) is 0.211. The molecule has 0 aromatic heterocycles. The molecule has 1 aliphatic rings. The number of nitrogens with one attached hydrogen (secondary N) is 1. The minimum atomic E-state index is -0.752. The summed E-state index contributed by atoms with van der Waals surface area (Å²) in [5.74, 6) is -2.88. The Kier molecular flexibility index (Phi) is 5.82. The van der Waals surface area contributed by atoms with Crippen LogP contribution in [0.25, 0.3) is 0 Å². The Hall–Kier alpha value is -3.82. The molecule has 0 aliphatic carbocycles. The molecule has 1 aliphatic heterocycles. The van der Waals surface area contributed by atoms with Crippen molar-refractivity contribution in [3.05, 3.63) is 64.5 Å². The summed E-state index contributed by atoms with van der Waals surface area (Å²) in [5, 5.41) is 13.1. The fourth-order valence-electron chi connectivity index (χ4n) is 2.88. The summed E-state index contributed by atoms with van der Waals surface area (Å²) >= 11 is 0. The van der Waals surface area contributed by atoms with Crippen LogP contribution in [-0.2, 0) is 19.1 Å². The molecule has 29 heavy (non-hydrogen) atoms. The third-order valence-corrected chi connectivity index (χ3v) is 4.28. The average molecular weight is 401 g/mol. The van der Waals surface area contributed by atoms with Crippen LogP contribution in [0.15, 0.2) is 48.5 Å². The molecular formula is C19H16FN3O6. The van der Waals surface area contributed by atoms with Crippen LogP contribution in [0, 0.1) is 21.8 Å². The van der Waals surface area contributed by atoms with Crippen molar-refractivity contribution >= 4 is 34.8 Å². The molecule has 2 aromatic rings. The van der Waals surface area contributed by atoms with Gasteiger partial charge in [-0.3, -0.25) is 24.5 Å². The van der Waals surface area contributed by atoms with Crippen LogP contribution in [-0.4, -0.2) is 35.9 Å². The van der Waals surface area contributed by atoms with Crippen molar-refractivity contribution in [2.24, 2.45) is 5.92 Å². The zero-order valence-corrected chi connectivity index (χ0v) is 15.0. The molecule has 1 heterocycles. The number of benzene rings is 2. The van der Waals surface area contributed by atoms with E-state index in [9.17, 15) is 28.9 Å². The minimum Gasteiger partial charge on any atom is -0.455 e. The number of nitro benzene ring substituents is 1. The molecular weight excluding hydrogens is 385 g/mol. The highest BCUT2D eigenvalue weighted by Gasteiger charge is 2.36. The highest BCUT2D eigenvalue weighted by molar-refractivity contribution is 6.00. The van der Waals surface area contributed by atoms with E-state index in [2.05, 4.69) is 5.32 Å². The molecule has 0 unspecified atom stereocenters. The second-order valence-electron chi connectivity index (χ2n) is 6.35. The van der Waals surface area contributed by atoms with Crippen molar-refractivity contribution in [2.75, 3.05) is 23.4 Å². The van der Waals surface area contributed by atoms with Crippen molar-refractivity contribution in [1.82, 2.24) is 0 Å². The Morgan fingerprint density at radius 3 is 2.66 bits per heavy atom. The summed E-state index contributed by atoms with van der Waals surface area (Å²) in [6.45, 7) is -0.529.